The predicted octanol–water partition coefficient (Wildman–Crippen LogP) is 4.02. The lowest BCUT2D eigenvalue weighted by Crippen LogP contribution is -2.15. The van der Waals surface area contributed by atoms with Crippen LogP contribution in [0.2, 0.25) is 0 Å². The van der Waals surface area contributed by atoms with Crippen LogP contribution in [0.1, 0.15) is 17.0 Å². The average Bonchev–Trinajstić information content (AvgIpc) is 2.49. The summed E-state index contributed by atoms with van der Waals surface area (Å²) in [5.41, 5.74) is 3.56. The third-order valence-electron chi connectivity index (χ3n) is 3.46. The zero-order valence-corrected chi connectivity index (χ0v) is 10.6. The highest BCUT2D eigenvalue weighted by Gasteiger charge is 2.21. The molecule has 3 rings (SSSR count). The lowest BCUT2D eigenvalue weighted by Gasteiger charge is -2.25. The van der Waals surface area contributed by atoms with Gasteiger partial charge >= 0.3 is 0 Å². The number of hydrogen-bond donors (Lipinski definition) is 0. The number of benzene rings is 2. The molecule has 1 heterocycles. The fourth-order valence-corrected chi connectivity index (χ4v) is 2.49. The molecule has 1 nitrogen and oxygen atoms in total. The van der Waals surface area contributed by atoms with E-state index in [9.17, 15) is 4.39 Å². The van der Waals surface area contributed by atoms with E-state index in [-0.39, 0.29) is 11.7 Å². The van der Waals surface area contributed by atoms with E-state index < -0.39 is 0 Å². The van der Waals surface area contributed by atoms with Crippen LogP contribution >= 0.6 is 0 Å². The van der Waals surface area contributed by atoms with Gasteiger partial charge in [-0.2, -0.15) is 0 Å². The van der Waals surface area contributed by atoms with E-state index in [1.807, 2.05) is 30.3 Å². The van der Waals surface area contributed by atoms with Gasteiger partial charge in [0.2, 0.25) is 0 Å². The van der Waals surface area contributed by atoms with Crippen LogP contribution in [0.25, 0.3) is 5.57 Å². The van der Waals surface area contributed by atoms with Crippen LogP contribution in [0.5, 0.6) is 0 Å². The predicted molar refractivity (Wildman–Crippen MR) is 74.4 cm³/mol. The summed E-state index contributed by atoms with van der Waals surface area (Å²) < 4.78 is 18.6. The Morgan fingerprint density at radius 1 is 0.947 bits per heavy atom. The maximum atomic E-state index is 13.0. The summed E-state index contributed by atoms with van der Waals surface area (Å²) in [7, 11) is 0. The normalized spacial score (nSPS) is 19.0. The summed E-state index contributed by atoms with van der Waals surface area (Å²) in [6.45, 7) is 1.29. The first-order valence-corrected chi connectivity index (χ1v) is 6.43. The number of halogens is 1. The van der Waals surface area contributed by atoms with Gasteiger partial charge in [-0.3, -0.25) is 0 Å². The molecule has 96 valence electrons. The summed E-state index contributed by atoms with van der Waals surface area (Å²) in [6, 6.07) is 17.0. The average molecular weight is 254 g/mol. The van der Waals surface area contributed by atoms with Crippen molar-refractivity contribution in [3.8, 4) is 0 Å². The minimum absolute atomic E-state index is 0.178. The second-order valence-electron chi connectivity index (χ2n) is 4.67. The molecule has 2 aromatic rings. The van der Waals surface area contributed by atoms with Gasteiger partial charge in [-0.25, -0.2) is 4.39 Å². The Morgan fingerprint density at radius 3 is 2.42 bits per heavy atom. The van der Waals surface area contributed by atoms with E-state index in [4.69, 9.17) is 4.74 Å². The van der Waals surface area contributed by atoms with Crippen molar-refractivity contribution in [2.75, 3.05) is 13.2 Å². The van der Waals surface area contributed by atoms with Crippen molar-refractivity contribution >= 4 is 5.57 Å². The van der Waals surface area contributed by atoms with E-state index in [1.165, 1.54) is 23.3 Å². The maximum absolute atomic E-state index is 13.0. The zero-order valence-electron chi connectivity index (χ0n) is 10.6. The van der Waals surface area contributed by atoms with Crippen LogP contribution in [0, 0.1) is 5.82 Å². The smallest absolute Gasteiger partial charge is 0.123 e. The standard InChI is InChI=1S/C17H15FO/c18-15-8-6-14(7-9-15)17-12-19-11-10-16(17)13-4-2-1-3-5-13/h1-10,17H,11-12H2. The molecule has 1 aliphatic rings. The van der Waals surface area contributed by atoms with E-state index in [0.29, 0.717) is 13.2 Å². The topological polar surface area (TPSA) is 9.23 Å². The van der Waals surface area contributed by atoms with Crippen molar-refractivity contribution in [1.82, 2.24) is 0 Å². The lowest BCUT2D eigenvalue weighted by atomic mass is 9.86. The summed E-state index contributed by atoms with van der Waals surface area (Å²) in [5.74, 6) is -0.0255. The van der Waals surface area contributed by atoms with Crippen LogP contribution in [0.3, 0.4) is 0 Å². The third-order valence-corrected chi connectivity index (χ3v) is 3.46. The second kappa shape index (κ2) is 5.37. The van der Waals surface area contributed by atoms with Crippen LogP contribution in [-0.2, 0) is 4.74 Å². The van der Waals surface area contributed by atoms with Gasteiger partial charge in [0.15, 0.2) is 0 Å². The summed E-state index contributed by atoms with van der Waals surface area (Å²) in [5, 5.41) is 0. The van der Waals surface area contributed by atoms with Crippen LogP contribution in [-0.4, -0.2) is 13.2 Å². The fourth-order valence-electron chi connectivity index (χ4n) is 2.49. The summed E-state index contributed by atoms with van der Waals surface area (Å²) in [6.07, 6.45) is 2.12. The molecule has 1 aliphatic heterocycles. The maximum Gasteiger partial charge on any atom is 0.123 e. The number of hydrogen-bond acceptors (Lipinski definition) is 1. The molecule has 19 heavy (non-hydrogen) atoms. The molecule has 0 bridgehead atoms. The van der Waals surface area contributed by atoms with Crippen molar-refractivity contribution in [1.29, 1.82) is 0 Å². The SMILES string of the molecule is Fc1ccc(C2COCC=C2c2ccccc2)cc1. The van der Waals surface area contributed by atoms with Gasteiger partial charge in [0, 0.05) is 5.92 Å². The van der Waals surface area contributed by atoms with Crippen LogP contribution in [0.15, 0.2) is 60.7 Å². The Labute approximate surface area is 112 Å². The van der Waals surface area contributed by atoms with E-state index in [1.54, 1.807) is 0 Å². The van der Waals surface area contributed by atoms with Crippen molar-refractivity contribution < 1.29 is 9.13 Å². The van der Waals surface area contributed by atoms with Gasteiger partial charge < -0.3 is 4.74 Å². The molecular weight excluding hydrogens is 239 g/mol. The molecule has 0 aromatic heterocycles. The Bertz CT molecular complexity index is 572. The molecule has 1 unspecified atom stereocenters. The molecule has 0 aliphatic carbocycles. The van der Waals surface area contributed by atoms with E-state index in [2.05, 4.69) is 18.2 Å². The number of rotatable bonds is 2. The molecule has 2 heteroatoms. The van der Waals surface area contributed by atoms with Crippen LogP contribution < -0.4 is 0 Å². The zero-order chi connectivity index (χ0) is 13.1. The summed E-state index contributed by atoms with van der Waals surface area (Å²) in [4.78, 5) is 0. The Morgan fingerprint density at radius 2 is 1.68 bits per heavy atom. The van der Waals surface area contributed by atoms with E-state index in [0.717, 1.165) is 5.56 Å². The molecule has 0 saturated carbocycles. The molecule has 0 radical (unpaired) electrons. The molecular formula is C17H15FO. The Kier molecular flexibility index (Phi) is 3.43. The van der Waals surface area contributed by atoms with Crippen molar-refractivity contribution in [2.45, 2.75) is 5.92 Å². The highest BCUT2D eigenvalue weighted by atomic mass is 19.1. The molecule has 0 spiro atoms. The van der Waals surface area contributed by atoms with Gasteiger partial charge in [0.1, 0.15) is 5.82 Å². The first kappa shape index (κ1) is 12.1. The second-order valence-corrected chi connectivity index (χ2v) is 4.67. The summed E-state index contributed by atoms with van der Waals surface area (Å²) >= 11 is 0. The first-order chi connectivity index (χ1) is 9.34. The highest BCUT2D eigenvalue weighted by Crippen LogP contribution is 2.34. The Hall–Kier alpha value is -1.93. The quantitative estimate of drug-likeness (QED) is 0.786. The third kappa shape index (κ3) is 2.59. The van der Waals surface area contributed by atoms with Gasteiger partial charge in [-0.1, -0.05) is 48.5 Å². The number of ether oxygens (including phenoxy) is 1. The van der Waals surface area contributed by atoms with Gasteiger partial charge in [-0.15, -0.1) is 0 Å². The molecule has 0 N–H and O–H groups in total. The van der Waals surface area contributed by atoms with E-state index >= 15 is 0 Å². The fraction of sp³-hybridized carbons (Fsp3) is 0.176. The lowest BCUT2D eigenvalue weighted by molar-refractivity contribution is 0.149. The monoisotopic (exact) mass is 254 g/mol. The largest absolute Gasteiger partial charge is 0.376 e. The molecule has 1 atom stereocenters. The molecule has 0 amide bonds. The highest BCUT2D eigenvalue weighted by molar-refractivity contribution is 5.72. The van der Waals surface area contributed by atoms with Crippen molar-refractivity contribution in [3.63, 3.8) is 0 Å². The minimum Gasteiger partial charge on any atom is -0.376 e. The Balaban J connectivity index is 1.97. The van der Waals surface area contributed by atoms with Crippen molar-refractivity contribution in [2.24, 2.45) is 0 Å². The molecule has 0 saturated heterocycles. The van der Waals surface area contributed by atoms with Crippen LogP contribution in [0.4, 0.5) is 4.39 Å². The van der Waals surface area contributed by atoms with Gasteiger partial charge in [0.05, 0.1) is 13.2 Å². The molecule has 0 fully saturated rings. The van der Waals surface area contributed by atoms with Gasteiger partial charge in [0.25, 0.3) is 0 Å². The van der Waals surface area contributed by atoms with Gasteiger partial charge in [-0.05, 0) is 28.8 Å². The van der Waals surface area contributed by atoms with Crippen molar-refractivity contribution in [3.05, 3.63) is 77.6 Å². The first-order valence-electron chi connectivity index (χ1n) is 6.43. The molecule has 2 aromatic carbocycles. The minimum atomic E-state index is -0.203.